The number of nitrogen functional groups attached to an aromatic ring is 1. The lowest BCUT2D eigenvalue weighted by molar-refractivity contribution is 0.395. The van der Waals surface area contributed by atoms with E-state index in [-0.39, 0.29) is 17.0 Å². The fraction of sp³-hybridized carbons (Fsp3) is 0.267. The first-order valence-electron chi connectivity index (χ1n) is 6.70. The molecule has 7 nitrogen and oxygen atoms in total. The van der Waals surface area contributed by atoms with Gasteiger partial charge in [-0.1, -0.05) is 0 Å². The molecule has 0 aliphatic carbocycles. The summed E-state index contributed by atoms with van der Waals surface area (Å²) in [5, 5.41) is 11.9. The van der Waals surface area contributed by atoms with E-state index < -0.39 is 0 Å². The maximum absolute atomic E-state index is 12.1. The van der Waals surface area contributed by atoms with Gasteiger partial charge in [0.15, 0.2) is 0 Å². The molecular weight excluding hydrogens is 284 g/mol. The van der Waals surface area contributed by atoms with Crippen LogP contribution in [0.3, 0.4) is 0 Å². The molecule has 0 saturated carbocycles. The van der Waals surface area contributed by atoms with E-state index in [1.807, 2.05) is 0 Å². The van der Waals surface area contributed by atoms with Crippen molar-refractivity contribution in [3.8, 4) is 22.8 Å². The molecule has 0 atom stereocenters. The Bertz CT molecular complexity index is 768. The van der Waals surface area contributed by atoms with Crippen LogP contribution < -0.4 is 20.8 Å². The zero-order chi connectivity index (χ0) is 16.3. The van der Waals surface area contributed by atoms with Crippen molar-refractivity contribution < 1.29 is 9.47 Å². The topological polar surface area (TPSA) is 103 Å². The number of amidine groups is 1. The molecule has 1 aromatic carbocycles. The maximum atomic E-state index is 12.1. The average molecular weight is 302 g/mol. The Morgan fingerprint density at radius 3 is 2.59 bits per heavy atom. The van der Waals surface area contributed by atoms with Crippen LogP contribution in [-0.2, 0) is 6.54 Å². The van der Waals surface area contributed by atoms with Crippen LogP contribution in [0.1, 0.15) is 12.5 Å². The number of aryl methyl sites for hydroxylation is 1. The van der Waals surface area contributed by atoms with E-state index in [1.54, 1.807) is 39.3 Å². The summed E-state index contributed by atoms with van der Waals surface area (Å²) in [5.74, 6) is 0.919. The van der Waals surface area contributed by atoms with Crippen LogP contribution in [-0.4, -0.2) is 29.8 Å². The molecule has 0 aliphatic rings. The molecule has 22 heavy (non-hydrogen) atoms. The van der Waals surface area contributed by atoms with E-state index in [0.717, 1.165) is 0 Å². The van der Waals surface area contributed by atoms with Crippen molar-refractivity contribution in [1.82, 2.24) is 9.78 Å². The fourth-order valence-corrected chi connectivity index (χ4v) is 2.09. The van der Waals surface area contributed by atoms with Crippen LogP contribution >= 0.6 is 0 Å². The average Bonchev–Trinajstić information content (AvgIpc) is 2.54. The lowest BCUT2D eigenvalue weighted by Gasteiger charge is -2.12. The Kier molecular flexibility index (Phi) is 4.45. The number of nitrogens with one attached hydrogen (secondary N) is 1. The van der Waals surface area contributed by atoms with Crippen molar-refractivity contribution in [2.75, 3.05) is 14.2 Å². The van der Waals surface area contributed by atoms with E-state index in [0.29, 0.717) is 29.3 Å². The molecule has 2 aromatic rings. The third-order valence-corrected chi connectivity index (χ3v) is 3.25. The molecule has 1 heterocycles. The second kappa shape index (κ2) is 6.30. The van der Waals surface area contributed by atoms with Gasteiger partial charge in [-0.2, -0.15) is 5.10 Å². The smallest absolute Gasteiger partial charge is 0.277 e. The molecule has 0 fully saturated rings. The molecule has 0 saturated heterocycles. The molecule has 0 aliphatic heterocycles. The van der Waals surface area contributed by atoms with E-state index in [1.165, 1.54) is 10.7 Å². The van der Waals surface area contributed by atoms with Gasteiger partial charge in [-0.3, -0.25) is 10.2 Å². The molecular formula is C15H18N4O3. The molecule has 0 radical (unpaired) electrons. The van der Waals surface area contributed by atoms with Crippen molar-refractivity contribution in [2.45, 2.75) is 13.5 Å². The lowest BCUT2D eigenvalue weighted by atomic mass is 10.1. The monoisotopic (exact) mass is 302 g/mol. The molecule has 7 heteroatoms. The Balaban J connectivity index is 2.69. The van der Waals surface area contributed by atoms with Crippen molar-refractivity contribution >= 4 is 5.84 Å². The Morgan fingerprint density at radius 1 is 1.32 bits per heavy atom. The van der Waals surface area contributed by atoms with Gasteiger partial charge in [-0.25, -0.2) is 4.68 Å². The molecule has 0 bridgehead atoms. The quantitative estimate of drug-likeness (QED) is 0.638. The second-order valence-corrected chi connectivity index (χ2v) is 4.54. The number of nitrogens with two attached hydrogens (primary N) is 1. The highest BCUT2D eigenvalue weighted by molar-refractivity contribution is 5.95. The van der Waals surface area contributed by atoms with E-state index in [4.69, 9.17) is 20.6 Å². The first-order valence-corrected chi connectivity index (χ1v) is 6.70. The van der Waals surface area contributed by atoms with Gasteiger partial charge < -0.3 is 15.2 Å². The number of hydrogen-bond donors (Lipinski definition) is 2. The summed E-state index contributed by atoms with van der Waals surface area (Å²) in [6.45, 7) is 2.18. The highest BCUT2D eigenvalue weighted by Crippen LogP contribution is 2.32. The summed E-state index contributed by atoms with van der Waals surface area (Å²) in [7, 11) is 3.11. The Labute approximate surface area is 127 Å². The van der Waals surface area contributed by atoms with Crippen molar-refractivity contribution in [3.63, 3.8) is 0 Å². The molecule has 0 spiro atoms. The van der Waals surface area contributed by atoms with Gasteiger partial charge in [0.05, 0.1) is 25.5 Å². The summed E-state index contributed by atoms with van der Waals surface area (Å²) < 4.78 is 11.8. The van der Waals surface area contributed by atoms with Crippen LogP contribution in [0.5, 0.6) is 11.5 Å². The molecule has 116 valence electrons. The predicted octanol–water partition coefficient (Wildman–Crippen LogP) is 1.23. The van der Waals surface area contributed by atoms with Crippen LogP contribution in [0.4, 0.5) is 0 Å². The first kappa shape index (κ1) is 15.6. The lowest BCUT2D eigenvalue weighted by Crippen LogP contribution is -2.31. The number of aromatic nitrogens is 2. The van der Waals surface area contributed by atoms with Crippen LogP contribution in [0.25, 0.3) is 11.3 Å². The van der Waals surface area contributed by atoms with Crippen LogP contribution in [0.2, 0.25) is 0 Å². The molecule has 0 amide bonds. The van der Waals surface area contributed by atoms with Gasteiger partial charge in [0, 0.05) is 18.2 Å². The third kappa shape index (κ3) is 2.78. The zero-order valence-corrected chi connectivity index (χ0v) is 12.7. The predicted molar refractivity (Wildman–Crippen MR) is 83.7 cm³/mol. The van der Waals surface area contributed by atoms with Gasteiger partial charge in [0.1, 0.15) is 17.3 Å². The number of nitrogens with zero attached hydrogens (tertiary/aromatic N) is 2. The Morgan fingerprint density at radius 2 is 2.05 bits per heavy atom. The fourth-order valence-electron chi connectivity index (χ4n) is 2.09. The summed E-state index contributed by atoms with van der Waals surface area (Å²) in [6, 6.07) is 6.79. The minimum atomic E-state index is -0.383. The van der Waals surface area contributed by atoms with Gasteiger partial charge >= 0.3 is 0 Å². The second-order valence-electron chi connectivity index (χ2n) is 4.54. The third-order valence-electron chi connectivity index (χ3n) is 3.25. The Hall–Kier alpha value is -2.83. The highest BCUT2D eigenvalue weighted by Gasteiger charge is 2.15. The van der Waals surface area contributed by atoms with Crippen LogP contribution in [0.15, 0.2) is 29.1 Å². The SMILES string of the molecule is CCn1nc(-c2ccc(OC)cc2OC)cc(C(=N)N)c1=O. The minimum Gasteiger partial charge on any atom is -0.497 e. The summed E-state index contributed by atoms with van der Waals surface area (Å²) in [4.78, 5) is 12.1. The van der Waals surface area contributed by atoms with Crippen molar-refractivity contribution in [1.29, 1.82) is 5.41 Å². The number of ether oxygens (including phenoxy) is 2. The van der Waals surface area contributed by atoms with E-state index >= 15 is 0 Å². The largest absolute Gasteiger partial charge is 0.497 e. The van der Waals surface area contributed by atoms with Gasteiger partial charge in [-0.15, -0.1) is 0 Å². The van der Waals surface area contributed by atoms with Crippen molar-refractivity contribution in [3.05, 3.63) is 40.2 Å². The number of rotatable bonds is 5. The number of hydrogen-bond acceptors (Lipinski definition) is 5. The van der Waals surface area contributed by atoms with Crippen molar-refractivity contribution in [2.24, 2.45) is 5.73 Å². The molecule has 2 rings (SSSR count). The van der Waals surface area contributed by atoms with E-state index in [9.17, 15) is 4.79 Å². The molecule has 3 N–H and O–H groups in total. The van der Waals surface area contributed by atoms with E-state index in [2.05, 4.69) is 5.10 Å². The first-order chi connectivity index (χ1) is 10.5. The summed E-state index contributed by atoms with van der Waals surface area (Å²) >= 11 is 0. The van der Waals surface area contributed by atoms with Gasteiger partial charge in [-0.05, 0) is 25.1 Å². The summed E-state index contributed by atoms with van der Waals surface area (Å²) in [5.41, 5.74) is 6.42. The van der Waals surface area contributed by atoms with Crippen LogP contribution in [0, 0.1) is 5.41 Å². The zero-order valence-electron chi connectivity index (χ0n) is 12.7. The van der Waals surface area contributed by atoms with Gasteiger partial charge in [0.2, 0.25) is 0 Å². The maximum Gasteiger partial charge on any atom is 0.277 e. The standard InChI is InChI=1S/C15H18N4O3/c1-4-19-15(20)11(14(16)17)8-12(18-19)10-6-5-9(21-2)7-13(10)22-3/h5-8H,4H2,1-3H3,(H3,16,17). The highest BCUT2D eigenvalue weighted by atomic mass is 16.5. The molecule has 1 aromatic heterocycles. The number of methoxy groups -OCH3 is 2. The normalized spacial score (nSPS) is 10.3. The number of benzene rings is 1. The van der Waals surface area contributed by atoms with Gasteiger partial charge in [0.25, 0.3) is 5.56 Å². The summed E-state index contributed by atoms with van der Waals surface area (Å²) in [6.07, 6.45) is 0. The minimum absolute atomic E-state index is 0.115. The molecule has 0 unspecified atom stereocenters.